The number of carboxylic acids is 1. The van der Waals surface area contributed by atoms with Crippen molar-refractivity contribution >= 4 is 33.3 Å². The summed E-state index contributed by atoms with van der Waals surface area (Å²) < 4.78 is 23.6. The molecule has 0 saturated carbocycles. The molecule has 0 fully saturated rings. The van der Waals surface area contributed by atoms with Crippen LogP contribution >= 0.6 is 11.8 Å². The minimum absolute atomic E-state index is 0.0927. The Bertz CT molecular complexity index is 1210. The Hall–Kier alpha value is -3.25. The maximum absolute atomic E-state index is 11.8. The van der Waals surface area contributed by atoms with Gasteiger partial charge < -0.3 is 5.11 Å². The number of hydrogen-bond donors (Lipinski definition) is 2. The van der Waals surface area contributed by atoms with Crippen molar-refractivity contribution in [3.05, 3.63) is 52.6 Å². The van der Waals surface area contributed by atoms with Gasteiger partial charge in [-0.05, 0) is 29.3 Å². The van der Waals surface area contributed by atoms with Crippen LogP contribution in [0.4, 0.5) is 5.69 Å². The summed E-state index contributed by atoms with van der Waals surface area (Å²) in [4.78, 5) is 25.7. The number of nitrogens with one attached hydrogen (secondary N) is 1. The van der Waals surface area contributed by atoms with Crippen LogP contribution in [-0.4, -0.2) is 51.6 Å². The molecule has 0 aliphatic carbocycles. The van der Waals surface area contributed by atoms with Gasteiger partial charge in [-0.1, -0.05) is 23.9 Å². The predicted molar refractivity (Wildman–Crippen MR) is 105 cm³/mol. The second-order valence-corrected chi connectivity index (χ2v) is 8.93. The first-order valence-corrected chi connectivity index (χ1v) is 10.9. The minimum atomic E-state index is -3.45. The van der Waals surface area contributed by atoms with Crippen molar-refractivity contribution < 1.29 is 23.2 Å². The lowest BCUT2D eigenvalue weighted by Gasteiger charge is -2.07. The number of non-ortho nitro benzene ring substituents is 1. The van der Waals surface area contributed by atoms with Crippen LogP contribution in [0.1, 0.15) is 0 Å². The summed E-state index contributed by atoms with van der Waals surface area (Å²) in [6.07, 6.45) is 1.08. The van der Waals surface area contributed by atoms with E-state index in [4.69, 9.17) is 5.11 Å². The van der Waals surface area contributed by atoms with Crippen molar-refractivity contribution in [2.45, 2.75) is 10.1 Å². The number of sulfone groups is 1. The van der Waals surface area contributed by atoms with Crippen LogP contribution in [-0.2, 0) is 14.6 Å². The molecule has 0 amide bonds. The first-order valence-electron chi connectivity index (χ1n) is 8.01. The highest BCUT2D eigenvalue weighted by Crippen LogP contribution is 2.31. The molecule has 3 aromatic rings. The summed E-state index contributed by atoms with van der Waals surface area (Å²) in [5.74, 6) is -1.03. The van der Waals surface area contributed by atoms with Crippen molar-refractivity contribution in [2.75, 3.05) is 12.0 Å². The lowest BCUT2D eigenvalue weighted by atomic mass is 10.0. The number of H-pyrrole nitrogens is 1. The van der Waals surface area contributed by atoms with Crippen LogP contribution in [0, 0.1) is 10.1 Å². The van der Waals surface area contributed by atoms with Gasteiger partial charge in [-0.25, -0.2) is 13.4 Å². The highest BCUT2D eigenvalue weighted by Gasteiger charge is 2.16. The van der Waals surface area contributed by atoms with Crippen molar-refractivity contribution in [1.29, 1.82) is 0 Å². The normalized spacial score (nSPS) is 11.3. The molecule has 0 aliphatic heterocycles. The van der Waals surface area contributed by atoms with Crippen molar-refractivity contribution in [3.8, 4) is 22.5 Å². The second kappa shape index (κ2) is 8.01. The molecule has 1 heterocycles. The number of carbonyl (C=O) groups is 1. The van der Waals surface area contributed by atoms with E-state index < -0.39 is 20.7 Å². The average molecular weight is 434 g/mol. The third-order valence-corrected chi connectivity index (χ3v) is 5.73. The molecule has 29 heavy (non-hydrogen) atoms. The maximum atomic E-state index is 11.8. The van der Waals surface area contributed by atoms with E-state index in [9.17, 15) is 23.3 Å². The van der Waals surface area contributed by atoms with Gasteiger partial charge >= 0.3 is 5.97 Å². The van der Waals surface area contributed by atoms with Gasteiger partial charge in [-0.3, -0.25) is 20.0 Å². The standard InChI is InChI=1S/C17H14N4O6S2/c1-29(26,27)14-4-2-3-10(8-14)11-5-12(7-13(6-11)21(24)25)16-18-17(20-19-16)28-9-15(22)23/h2-8H,9H2,1H3,(H,22,23)(H,18,19,20). The Labute approximate surface area is 169 Å². The fourth-order valence-corrected chi connectivity index (χ4v) is 3.68. The number of aromatic amines is 1. The third kappa shape index (κ3) is 4.97. The number of hydrogen-bond acceptors (Lipinski definition) is 8. The Morgan fingerprint density at radius 3 is 2.59 bits per heavy atom. The number of carboxylic acid groups (broad SMARTS) is 1. The van der Waals surface area contributed by atoms with Crippen LogP contribution in [0.3, 0.4) is 0 Å². The van der Waals surface area contributed by atoms with Gasteiger partial charge in [0.05, 0.1) is 15.6 Å². The minimum Gasteiger partial charge on any atom is -0.481 e. The zero-order valence-electron chi connectivity index (χ0n) is 14.9. The molecule has 0 aliphatic rings. The zero-order valence-corrected chi connectivity index (χ0v) is 16.5. The van der Waals surface area contributed by atoms with Gasteiger partial charge in [0, 0.05) is 24.0 Å². The maximum Gasteiger partial charge on any atom is 0.313 e. The zero-order chi connectivity index (χ0) is 21.2. The van der Waals surface area contributed by atoms with E-state index in [1.54, 1.807) is 18.2 Å². The molecule has 1 aromatic heterocycles. The smallest absolute Gasteiger partial charge is 0.313 e. The van der Waals surface area contributed by atoms with Gasteiger partial charge in [0.15, 0.2) is 15.7 Å². The molecule has 0 saturated heterocycles. The number of rotatable bonds is 7. The van der Waals surface area contributed by atoms with E-state index in [1.165, 1.54) is 24.3 Å². The molecular weight excluding hydrogens is 420 g/mol. The molecule has 3 rings (SSSR count). The van der Waals surface area contributed by atoms with Crippen molar-refractivity contribution in [1.82, 2.24) is 15.2 Å². The summed E-state index contributed by atoms with van der Waals surface area (Å²) in [5, 5.41) is 26.8. The van der Waals surface area contributed by atoms with Crippen LogP contribution in [0.25, 0.3) is 22.5 Å². The van der Waals surface area contributed by atoms with E-state index in [0.717, 1.165) is 18.0 Å². The molecule has 150 valence electrons. The lowest BCUT2D eigenvalue weighted by Crippen LogP contribution is -1.97. The highest BCUT2D eigenvalue weighted by molar-refractivity contribution is 7.99. The molecule has 0 radical (unpaired) electrons. The van der Waals surface area contributed by atoms with E-state index in [2.05, 4.69) is 15.2 Å². The summed E-state index contributed by atoms with van der Waals surface area (Å²) in [5.41, 5.74) is 1.06. The van der Waals surface area contributed by atoms with Crippen molar-refractivity contribution in [3.63, 3.8) is 0 Å². The van der Waals surface area contributed by atoms with E-state index in [0.29, 0.717) is 16.7 Å². The molecule has 2 aromatic carbocycles. The van der Waals surface area contributed by atoms with Crippen molar-refractivity contribution in [2.24, 2.45) is 0 Å². The van der Waals surface area contributed by atoms with Crippen LogP contribution in [0.2, 0.25) is 0 Å². The van der Waals surface area contributed by atoms with E-state index in [1.807, 2.05) is 0 Å². The predicted octanol–water partition coefficient (Wildman–Crippen LogP) is 2.63. The summed E-state index contributed by atoms with van der Waals surface area (Å²) >= 11 is 0.906. The molecular formula is C17H14N4O6S2. The average Bonchev–Trinajstić information content (AvgIpc) is 3.14. The topological polar surface area (TPSA) is 156 Å². The quantitative estimate of drug-likeness (QED) is 0.324. The van der Waals surface area contributed by atoms with Crippen LogP contribution in [0.5, 0.6) is 0 Å². The molecule has 0 bridgehead atoms. The number of nitro benzene ring substituents is 1. The number of benzene rings is 2. The van der Waals surface area contributed by atoms with Crippen LogP contribution in [0.15, 0.2) is 52.5 Å². The van der Waals surface area contributed by atoms with Gasteiger partial charge in [0.1, 0.15) is 0 Å². The molecule has 10 nitrogen and oxygen atoms in total. The van der Waals surface area contributed by atoms with E-state index >= 15 is 0 Å². The largest absolute Gasteiger partial charge is 0.481 e. The number of thioether (sulfide) groups is 1. The van der Waals surface area contributed by atoms with Gasteiger partial charge in [0.25, 0.3) is 5.69 Å². The van der Waals surface area contributed by atoms with Gasteiger partial charge in [-0.2, -0.15) is 0 Å². The molecule has 12 heteroatoms. The Morgan fingerprint density at radius 2 is 1.93 bits per heavy atom. The number of aromatic nitrogens is 3. The third-order valence-electron chi connectivity index (χ3n) is 3.79. The molecule has 0 atom stereocenters. The molecule has 0 unspecified atom stereocenters. The number of nitro groups is 1. The second-order valence-electron chi connectivity index (χ2n) is 5.97. The molecule has 0 spiro atoms. The number of nitrogens with zero attached hydrogens (tertiary/aromatic N) is 3. The SMILES string of the molecule is CS(=O)(=O)c1cccc(-c2cc(-c3nc(SCC(=O)O)n[nH]3)cc([N+](=O)[O-])c2)c1. The van der Waals surface area contributed by atoms with Crippen LogP contribution < -0.4 is 0 Å². The summed E-state index contributed by atoms with van der Waals surface area (Å²) in [6, 6.07) is 10.3. The fourth-order valence-electron chi connectivity index (χ4n) is 2.49. The highest BCUT2D eigenvalue weighted by atomic mass is 32.2. The monoisotopic (exact) mass is 434 g/mol. The van der Waals surface area contributed by atoms with Gasteiger partial charge in [-0.15, -0.1) is 5.10 Å². The number of aliphatic carboxylic acids is 1. The first kappa shape index (κ1) is 20.5. The Balaban J connectivity index is 2.06. The van der Waals surface area contributed by atoms with Gasteiger partial charge in [0.2, 0.25) is 5.16 Å². The van der Waals surface area contributed by atoms with E-state index in [-0.39, 0.29) is 27.3 Å². The Kier molecular flexibility index (Phi) is 5.66. The summed E-state index contributed by atoms with van der Waals surface area (Å²) in [6.45, 7) is 0. The first-order chi connectivity index (χ1) is 13.6. The summed E-state index contributed by atoms with van der Waals surface area (Å²) in [7, 11) is -3.45. The lowest BCUT2D eigenvalue weighted by molar-refractivity contribution is -0.384. The fraction of sp³-hybridized carbons (Fsp3) is 0.118. The molecule has 2 N–H and O–H groups in total. The Morgan fingerprint density at radius 1 is 1.21 bits per heavy atom.